The van der Waals surface area contributed by atoms with Gasteiger partial charge in [0.05, 0.1) is 23.1 Å². The van der Waals surface area contributed by atoms with Crippen molar-refractivity contribution in [1.29, 1.82) is 0 Å². The van der Waals surface area contributed by atoms with Gasteiger partial charge in [-0.25, -0.2) is 0 Å². The zero-order valence-corrected chi connectivity index (χ0v) is 21.4. The molecule has 0 saturated carbocycles. The Balaban J connectivity index is 1.70. The average Bonchev–Trinajstić information content (AvgIpc) is 3.22. The van der Waals surface area contributed by atoms with E-state index >= 15 is 0 Å². The Morgan fingerprint density at radius 2 is 1.95 bits per heavy atom. The lowest BCUT2D eigenvalue weighted by atomic mass is 9.90. The first kappa shape index (κ1) is 24.2. The Bertz CT molecular complexity index is 1980. The van der Waals surface area contributed by atoms with Crippen molar-refractivity contribution in [2.24, 2.45) is 0 Å². The zero-order chi connectivity index (χ0) is 26.8. The molecule has 8 nitrogen and oxygen atoms in total. The Labute approximate surface area is 217 Å². The maximum absolute atomic E-state index is 14.0. The third-order valence-corrected chi connectivity index (χ3v) is 7.44. The van der Waals surface area contributed by atoms with Crippen molar-refractivity contribution in [2.45, 2.75) is 25.8 Å². The molecule has 5 aromatic rings. The number of halogens is 1. The molecule has 0 unspecified atom stereocenters. The van der Waals surface area contributed by atoms with Crippen LogP contribution < -0.4 is 14.9 Å². The lowest BCUT2D eigenvalue weighted by molar-refractivity contribution is 0.357. The summed E-state index contributed by atoms with van der Waals surface area (Å²) in [6.45, 7) is 5.48. The number of aromatic nitrogens is 3. The molecule has 0 bridgehead atoms. The van der Waals surface area contributed by atoms with Crippen LogP contribution in [0.15, 0.2) is 53.6 Å². The van der Waals surface area contributed by atoms with Crippen LogP contribution in [0.3, 0.4) is 0 Å². The van der Waals surface area contributed by atoms with E-state index < -0.39 is 10.5 Å². The predicted octanol–water partition coefficient (Wildman–Crippen LogP) is 4.54. The molecule has 0 spiro atoms. The van der Waals surface area contributed by atoms with Crippen LogP contribution in [0.5, 0.6) is 5.75 Å². The quantitative estimate of drug-likeness (QED) is 0.255. The maximum Gasteiger partial charge on any atom is 0.488 e. The topological polar surface area (TPSA) is 106 Å². The average molecular weight is 531 g/mol. The van der Waals surface area contributed by atoms with Crippen molar-refractivity contribution in [3.8, 4) is 29.2 Å². The molecule has 3 aromatic heterocycles. The summed E-state index contributed by atoms with van der Waals surface area (Å²) in [5.41, 5.74) is 4.99. The summed E-state index contributed by atoms with van der Waals surface area (Å²) in [4.78, 5) is 21.5. The molecule has 2 aromatic carbocycles. The van der Waals surface area contributed by atoms with Crippen molar-refractivity contribution in [3.63, 3.8) is 0 Å². The van der Waals surface area contributed by atoms with Gasteiger partial charge >= 0.3 is 10.5 Å². The van der Waals surface area contributed by atoms with E-state index in [2.05, 4.69) is 30.0 Å². The Morgan fingerprint density at radius 1 is 1.16 bits per heavy atom. The van der Waals surface area contributed by atoms with E-state index in [9.17, 15) is 17.1 Å². The number of benzene rings is 2. The molecule has 1 fully saturated rings. The highest BCUT2D eigenvalue weighted by atomic mass is 32.3. The number of aromatic amines is 1. The fourth-order valence-electron chi connectivity index (χ4n) is 5.21. The standard InChI is InChI=1S/C28H23FN4O4S/c1-4-16-5-6-20-24(7-16)32-28-26(20)27(34)23-9-21(15(2)3)22(10-25(23)33(28)18-12-31-13-18)17-8-19(14-30-11-17)37-38(29,35)36/h1,5-11,14-15,18,31-32H,12-13H2,2-3H3. The molecule has 1 aliphatic heterocycles. The molecule has 6 rings (SSSR count). The SMILES string of the molecule is C#Cc1ccc2c(c1)[nH]c1c2c(=O)c2cc(C(C)C)c(-c3cncc(OS(=O)(=O)F)c3)cc2n1C1CNC1. The van der Waals surface area contributed by atoms with Gasteiger partial charge < -0.3 is 19.1 Å². The van der Waals surface area contributed by atoms with Crippen molar-refractivity contribution in [3.05, 3.63) is 70.1 Å². The number of hydrogen-bond donors (Lipinski definition) is 2. The van der Waals surface area contributed by atoms with Crippen molar-refractivity contribution >= 4 is 43.3 Å². The van der Waals surface area contributed by atoms with Crippen molar-refractivity contribution in [2.75, 3.05) is 13.1 Å². The molecule has 2 N–H and O–H groups in total. The number of pyridine rings is 2. The Hall–Kier alpha value is -4.20. The Morgan fingerprint density at radius 3 is 2.61 bits per heavy atom. The van der Waals surface area contributed by atoms with Gasteiger partial charge in [0.1, 0.15) is 5.65 Å². The summed E-state index contributed by atoms with van der Waals surface area (Å²) in [6, 6.07) is 10.9. The van der Waals surface area contributed by atoms with Crippen LogP contribution in [0.2, 0.25) is 0 Å². The number of fused-ring (bicyclic) bond motifs is 4. The molecule has 0 amide bonds. The summed E-state index contributed by atoms with van der Waals surface area (Å²) in [6.07, 6.45) is 8.30. The lowest BCUT2D eigenvalue weighted by Crippen LogP contribution is -2.44. The minimum Gasteiger partial charge on any atom is -0.357 e. The fourth-order valence-corrected chi connectivity index (χ4v) is 5.54. The first-order chi connectivity index (χ1) is 18.1. The summed E-state index contributed by atoms with van der Waals surface area (Å²) in [5.74, 6) is 2.42. The van der Waals surface area contributed by atoms with Gasteiger partial charge in [0.25, 0.3) is 0 Å². The Kier molecular flexibility index (Phi) is 5.52. The van der Waals surface area contributed by atoms with Crippen LogP contribution in [-0.2, 0) is 10.5 Å². The summed E-state index contributed by atoms with van der Waals surface area (Å²) in [7, 11) is -5.21. The van der Waals surface area contributed by atoms with Gasteiger partial charge in [-0.05, 0) is 47.4 Å². The second kappa shape index (κ2) is 8.68. The number of hydrogen-bond acceptors (Lipinski definition) is 6. The van der Waals surface area contributed by atoms with E-state index in [1.54, 1.807) is 6.20 Å². The van der Waals surface area contributed by atoms with Crippen LogP contribution in [0.1, 0.15) is 36.9 Å². The molecule has 192 valence electrons. The number of nitrogens with one attached hydrogen (secondary N) is 2. The first-order valence-corrected chi connectivity index (χ1v) is 13.4. The predicted molar refractivity (Wildman–Crippen MR) is 145 cm³/mol. The van der Waals surface area contributed by atoms with Crippen LogP contribution >= 0.6 is 0 Å². The molecule has 0 radical (unpaired) electrons. The van der Waals surface area contributed by atoms with Gasteiger partial charge in [0.15, 0.2) is 11.2 Å². The highest BCUT2D eigenvalue weighted by Crippen LogP contribution is 2.37. The van der Waals surface area contributed by atoms with Gasteiger partial charge in [-0.2, -0.15) is 8.42 Å². The maximum atomic E-state index is 14.0. The van der Waals surface area contributed by atoms with Crippen molar-refractivity contribution < 1.29 is 16.5 Å². The van der Waals surface area contributed by atoms with Crippen LogP contribution in [0, 0.1) is 12.3 Å². The van der Waals surface area contributed by atoms with Gasteiger partial charge in [-0.15, -0.1) is 6.42 Å². The normalized spacial score (nSPS) is 14.3. The second-order valence-corrected chi connectivity index (χ2v) is 10.7. The zero-order valence-electron chi connectivity index (χ0n) is 20.6. The molecule has 0 atom stereocenters. The molecular weight excluding hydrogens is 507 g/mol. The van der Waals surface area contributed by atoms with E-state index in [1.165, 1.54) is 6.07 Å². The third kappa shape index (κ3) is 3.91. The van der Waals surface area contributed by atoms with Crippen LogP contribution in [0.4, 0.5) is 3.89 Å². The second-order valence-electron chi connectivity index (χ2n) is 9.76. The lowest BCUT2D eigenvalue weighted by Gasteiger charge is -2.32. The summed E-state index contributed by atoms with van der Waals surface area (Å²) >= 11 is 0. The number of H-pyrrole nitrogens is 1. The minimum atomic E-state index is -5.21. The molecule has 1 saturated heterocycles. The summed E-state index contributed by atoms with van der Waals surface area (Å²) < 4.78 is 41.9. The van der Waals surface area contributed by atoms with Crippen LogP contribution in [-0.4, -0.2) is 36.0 Å². The molecule has 38 heavy (non-hydrogen) atoms. The van der Waals surface area contributed by atoms with Gasteiger partial charge in [0, 0.05) is 46.7 Å². The highest BCUT2D eigenvalue weighted by molar-refractivity contribution is 7.81. The van der Waals surface area contributed by atoms with E-state index in [-0.39, 0.29) is 23.1 Å². The molecule has 1 aliphatic rings. The van der Waals surface area contributed by atoms with Gasteiger partial charge in [-0.3, -0.25) is 9.78 Å². The van der Waals surface area contributed by atoms with Crippen molar-refractivity contribution in [1.82, 2.24) is 19.9 Å². The largest absolute Gasteiger partial charge is 0.488 e. The van der Waals surface area contributed by atoms with E-state index in [1.807, 2.05) is 44.2 Å². The molecule has 10 heteroatoms. The smallest absolute Gasteiger partial charge is 0.357 e. The molecule has 4 heterocycles. The third-order valence-electron chi connectivity index (χ3n) is 7.05. The number of rotatable bonds is 5. The molecule has 0 aliphatic carbocycles. The monoisotopic (exact) mass is 530 g/mol. The minimum absolute atomic E-state index is 0.0129. The van der Waals surface area contributed by atoms with E-state index in [0.717, 1.165) is 46.8 Å². The van der Waals surface area contributed by atoms with E-state index in [4.69, 9.17) is 6.42 Å². The number of nitrogens with zero attached hydrogens (tertiary/aromatic N) is 2. The van der Waals surface area contributed by atoms with Crippen LogP contribution in [0.25, 0.3) is 44.0 Å². The van der Waals surface area contributed by atoms with Gasteiger partial charge in [-0.1, -0.05) is 29.7 Å². The highest BCUT2D eigenvalue weighted by Gasteiger charge is 2.26. The van der Waals surface area contributed by atoms with Gasteiger partial charge in [0.2, 0.25) is 0 Å². The molecular formula is C28H23FN4O4S. The number of terminal acetylenes is 1. The fraction of sp³-hybridized carbons (Fsp3) is 0.214. The summed E-state index contributed by atoms with van der Waals surface area (Å²) in [5, 5.41) is 5.29. The first-order valence-electron chi connectivity index (χ1n) is 12.1. The van der Waals surface area contributed by atoms with E-state index in [0.29, 0.717) is 27.5 Å².